The van der Waals surface area contributed by atoms with Crippen molar-refractivity contribution in [3.05, 3.63) is 58.1 Å². The molecule has 0 heterocycles. The van der Waals surface area contributed by atoms with Crippen LogP contribution in [0.3, 0.4) is 0 Å². The minimum atomic E-state index is 0.530. The van der Waals surface area contributed by atoms with Crippen LogP contribution in [0.4, 0.5) is 0 Å². The summed E-state index contributed by atoms with van der Waals surface area (Å²) in [5.41, 5.74) is 5.68. The third kappa shape index (κ3) is 2.35. The van der Waals surface area contributed by atoms with E-state index in [1.54, 1.807) is 0 Å². The van der Waals surface area contributed by atoms with Gasteiger partial charge in [0.2, 0.25) is 0 Å². The van der Waals surface area contributed by atoms with Gasteiger partial charge in [-0.15, -0.1) is 0 Å². The second-order valence-corrected chi connectivity index (χ2v) is 5.86. The summed E-state index contributed by atoms with van der Waals surface area (Å²) in [5, 5.41) is 3.58. The molecule has 1 aliphatic rings. The number of hydrogen-bond acceptors (Lipinski definition) is 1. The largest absolute Gasteiger partial charge is 0.310 e. The quantitative estimate of drug-likeness (QED) is 0.864. The maximum absolute atomic E-state index is 3.67. The monoisotopic (exact) mass is 315 g/mol. The van der Waals surface area contributed by atoms with Crippen molar-refractivity contribution in [3.63, 3.8) is 0 Å². The van der Waals surface area contributed by atoms with E-state index >= 15 is 0 Å². The lowest BCUT2D eigenvalue weighted by molar-refractivity contribution is 0.549. The molecule has 0 aromatic heterocycles. The van der Waals surface area contributed by atoms with Crippen molar-refractivity contribution in [2.75, 3.05) is 6.54 Å². The summed E-state index contributed by atoms with van der Waals surface area (Å²) in [6.45, 7) is 3.21. The number of rotatable bonds is 3. The Hall–Kier alpha value is -1.12. The van der Waals surface area contributed by atoms with Gasteiger partial charge in [0, 0.05) is 10.5 Å². The van der Waals surface area contributed by atoms with Gasteiger partial charge in [-0.1, -0.05) is 59.3 Å². The van der Waals surface area contributed by atoms with E-state index in [1.807, 2.05) is 0 Å². The fourth-order valence-corrected chi connectivity index (χ4v) is 3.54. The van der Waals surface area contributed by atoms with E-state index < -0.39 is 0 Å². The van der Waals surface area contributed by atoms with E-state index in [0.717, 1.165) is 6.54 Å². The first-order valence-corrected chi connectivity index (χ1v) is 7.70. The van der Waals surface area contributed by atoms with Crippen LogP contribution in [-0.4, -0.2) is 6.54 Å². The third-order valence-corrected chi connectivity index (χ3v) is 4.58. The summed E-state index contributed by atoms with van der Waals surface area (Å²) in [4.78, 5) is 0. The molecule has 0 aliphatic heterocycles. The molecule has 2 aromatic carbocycles. The summed E-state index contributed by atoms with van der Waals surface area (Å²) < 4.78 is 1.18. The molecule has 0 saturated carbocycles. The second-order valence-electron chi connectivity index (χ2n) is 5.00. The van der Waals surface area contributed by atoms with Crippen molar-refractivity contribution >= 4 is 15.9 Å². The van der Waals surface area contributed by atoms with E-state index in [0.29, 0.717) is 6.04 Å². The van der Waals surface area contributed by atoms with Crippen LogP contribution in [0.25, 0.3) is 11.1 Å². The molecule has 98 valence electrons. The molecular formula is C17H18BrN. The lowest BCUT2D eigenvalue weighted by Gasteiger charge is -2.14. The molecule has 19 heavy (non-hydrogen) atoms. The molecule has 0 radical (unpaired) electrons. The first-order valence-electron chi connectivity index (χ1n) is 6.91. The number of benzene rings is 2. The van der Waals surface area contributed by atoms with Crippen LogP contribution in [0.15, 0.2) is 46.9 Å². The van der Waals surface area contributed by atoms with Crippen LogP contribution in [0, 0.1) is 0 Å². The molecule has 1 unspecified atom stereocenters. The minimum absolute atomic E-state index is 0.530. The van der Waals surface area contributed by atoms with Gasteiger partial charge in [-0.25, -0.2) is 0 Å². The maximum Gasteiger partial charge on any atom is 0.0326 e. The van der Waals surface area contributed by atoms with Gasteiger partial charge in [-0.2, -0.15) is 0 Å². The van der Waals surface area contributed by atoms with Crippen LogP contribution in [0.5, 0.6) is 0 Å². The highest BCUT2D eigenvalue weighted by Crippen LogP contribution is 2.39. The summed E-state index contributed by atoms with van der Waals surface area (Å²) >= 11 is 3.67. The summed E-state index contributed by atoms with van der Waals surface area (Å²) in [6, 6.07) is 15.7. The van der Waals surface area contributed by atoms with Gasteiger partial charge in [0.25, 0.3) is 0 Å². The highest BCUT2D eigenvalue weighted by molar-refractivity contribution is 9.10. The number of fused-ring (bicyclic) bond motifs is 1. The lowest BCUT2D eigenvalue weighted by Crippen LogP contribution is -2.18. The number of hydrogen-bond donors (Lipinski definition) is 1. The zero-order valence-corrected chi connectivity index (χ0v) is 12.7. The third-order valence-electron chi connectivity index (χ3n) is 3.89. The molecule has 0 spiro atoms. The molecule has 0 amide bonds. The standard InChI is InChI=1S/C17H18BrN/c1-2-19-17-11-10-13-12(7-5-8-15(13)17)14-6-3-4-9-16(14)18/h3-9,17,19H,2,10-11H2,1H3. The van der Waals surface area contributed by atoms with E-state index in [-0.39, 0.29) is 0 Å². The van der Waals surface area contributed by atoms with Crippen molar-refractivity contribution < 1.29 is 0 Å². The maximum atomic E-state index is 3.67. The van der Waals surface area contributed by atoms with Crippen molar-refractivity contribution in [1.29, 1.82) is 0 Å². The van der Waals surface area contributed by atoms with Gasteiger partial charge >= 0.3 is 0 Å². The van der Waals surface area contributed by atoms with Crippen molar-refractivity contribution in [3.8, 4) is 11.1 Å². The smallest absolute Gasteiger partial charge is 0.0326 e. The molecule has 0 saturated heterocycles. The normalized spacial score (nSPS) is 17.5. The average Bonchev–Trinajstić information content (AvgIpc) is 2.83. The summed E-state index contributed by atoms with van der Waals surface area (Å²) in [5.74, 6) is 0. The van der Waals surface area contributed by atoms with Gasteiger partial charge in [-0.3, -0.25) is 0 Å². The zero-order chi connectivity index (χ0) is 13.2. The number of halogens is 1. The van der Waals surface area contributed by atoms with Gasteiger partial charge in [0.15, 0.2) is 0 Å². The Morgan fingerprint density at radius 2 is 1.89 bits per heavy atom. The summed E-state index contributed by atoms with van der Waals surface area (Å²) in [7, 11) is 0. The Morgan fingerprint density at radius 3 is 2.68 bits per heavy atom. The van der Waals surface area contributed by atoms with Gasteiger partial charge < -0.3 is 5.32 Å². The lowest BCUT2D eigenvalue weighted by atomic mass is 9.96. The van der Waals surface area contributed by atoms with Crippen LogP contribution in [-0.2, 0) is 6.42 Å². The van der Waals surface area contributed by atoms with Crippen LogP contribution >= 0.6 is 15.9 Å². The molecule has 0 fully saturated rings. The molecule has 3 rings (SSSR count). The first-order chi connectivity index (χ1) is 9.31. The van der Waals surface area contributed by atoms with E-state index in [2.05, 4.69) is 70.6 Å². The fourth-order valence-electron chi connectivity index (χ4n) is 3.04. The van der Waals surface area contributed by atoms with E-state index in [9.17, 15) is 0 Å². The van der Waals surface area contributed by atoms with E-state index in [1.165, 1.54) is 39.6 Å². The Bertz CT molecular complexity index is 592. The molecule has 0 bridgehead atoms. The average molecular weight is 316 g/mol. The predicted molar refractivity (Wildman–Crippen MR) is 84.3 cm³/mol. The topological polar surface area (TPSA) is 12.0 Å². The van der Waals surface area contributed by atoms with Crippen molar-refractivity contribution in [2.24, 2.45) is 0 Å². The Balaban J connectivity index is 2.08. The second kappa shape index (κ2) is 5.48. The highest BCUT2D eigenvalue weighted by atomic mass is 79.9. The molecule has 1 atom stereocenters. The van der Waals surface area contributed by atoms with Gasteiger partial charge in [0.1, 0.15) is 0 Å². The SMILES string of the molecule is CCNC1CCc2c(-c3ccccc3Br)cccc21. The first kappa shape index (κ1) is 12.9. The highest BCUT2D eigenvalue weighted by Gasteiger charge is 2.24. The summed E-state index contributed by atoms with van der Waals surface area (Å²) in [6.07, 6.45) is 2.38. The van der Waals surface area contributed by atoms with Crippen LogP contribution in [0.1, 0.15) is 30.5 Å². The molecule has 1 aliphatic carbocycles. The fraction of sp³-hybridized carbons (Fsp3) is 0.294. The van der Waals surface area contributed by atoms with Crippen molar-refractivity contribution in [1.82, 2.24) is 5.32 Å². The Kier molecular flexibility index (Phi) is 3.72. The molecule has 2 aromatic rings. The van der Waals surface area contributed by atoms with Gasteiger partial charge in [-0.05, 0) is 47.7 Å². The number of nitrogens with one attached hydrogen (secondary N) is 1. The van der Waals surface area contributed by atoms with Crippen LogP contribution < -0.4 is 5.32 Å². The zero-order valence-electron chi connectivity index (χ0n) is 11.1. The minimum Gasteiger partial charge on any atom is -0.310 e. The van der Waals surface area contributed by atoms with Crippen LogP contribution in [0.2, 0.25) is 0 Å². The molecule has 1 N–H and O–H groups in total. The van der Waals surface area contributed by atoms with Gasteiger partial charge in [0.05, 0.1) is 0 Å². The molecule has 1 nitrogen and oxygen atoms in total. The van der Waals surface area contributed by atoms with Crippen molar-refractivity contribution in [2.45, 2.75) is 25.8 Å². The Labute approximate surface area is 123 Å². The molecular weight excluding hydrogens is 298 g/mol. The molecule has 2 heteroatoms. The predicted octanol–water partition coefficient (Wildman–Crippen LogP) is 4.71. The van der Waals surface area contributed by atoms with E-state index in [4.69, 9.17) is 0 Å². The Morgan fingerprint density at radius 1 is 1.11 bits per heavy atom.